The molecule has 1 aromatic carbocycles. The number of aryl methyl sites for hydroxylation is 3. The zero-order valence-corrected chi connectivity index (χ0v) is 15.7. The third-order valence-corrected chi connectivity index (χ3v) is 4.92. The molecule has 0 saturated carbocycles. The summed E-state index contributed by atoms with van der Waals surface area (Å²) in [5.41, 5.74) is 5.32. The lowest BCUT2D eigenvalue weighted by molar-refractivity contribution is 0.521. The predicted octanol–water partition coefficient (Wildman–Crippen LogP) is 3.50. The Kier molecular flexibility index (Phi) is 4.20. The number of fused-ring (bicyclic) bond motifs is 2. The SMILES string of the molecule is CCn1c(C(C)NCc2cnc3c(c2)c(C)nn3C)nc2ccccc21. The van der Waals surface area contributed by atoms with E-state index < -0.39 is 0 Å². The van der Waals surface area contributed by atoms with Crippen molar-refractivity contribution in [3.8, 4) is 0 Å². The molecule has 0 spiro atoms. The highest BCUT2D eigenvalue weighted by molar-refractivity contribution is 5.78. The maximum Gasteiger partial charge on any atom is 0.157 e. The van der Waals surface area contributed by atoms with E-state index in [0.29, 0.717) is 0 Å². The van der Waals surface area contributed by atoms with Crippen LogP contribution in [0.25, 0.3) is 22.1 Å². The Bertz CT molecular complexity index is 1070. The standard InChI is InChI=1S/C20H24N6/c1-5-26-18-9-7-6-8-17(18)23-19(26)14(3)21-11-15-10-16-13(2)24-25(4)20(16)22-12-15/h6-10,12,14,21H,5,11H2,1-4H3. The van der Waals surface area contributed by atoms with Gasteiger partial charge < -0.3 is 9.88 Å². The number of aromatic nitrogens is 5. The average Bonchev–Trinajstić information content (AvgIpc) is 3.17. The maximum atomic E-state index is 4.83. The minimum absolute atomic E-state index is 0.146. The van der Waals surface area contributed by atoms with Crippen molar-refractivity contribution in [3.05, 3.63) is 53.6 Å². The summed E-state index contributed by atoms with van der Waals surface area (Å²) in [5, 5.41) is 9.14. The molecule has 0 aliphatic carbocycles. The highest BCUT2D eigenvalue weighted by atomic mass is 15.3. The summed E-state index contributed by atoms with van der Waals surface area (Å²) in [6, 6.07) is 10.6. The molecule has 6 nitrogen and oxygen atoms in total. The maximum absolute atomic E-state index is 4.83. The van der Waals surface area contributed by atoms with Gasteiger partial charge in [-0.05, 0) is 44.5 Å². The number of hydrogen-bond donors (Lipinski definition) is 1. The van der Waals surface area contributed by atoms with Crippen LogP contribution in [0.5, 0.6) is 0 Å². The van der Waals surface area contributed by atoms with Gasteiger partial charge in [0.25, 0.3) is 0 Å². The lowest BCUT2D eigenvalue weighted by Gasteiger charge is -2.15. The Morgan fingerprint density at radius 1 is 1.23 bits per heavy atom. The van der Waals surface area contributed by atoms with Crippen LogP contribution in [-0.4, -0.2) is 24.3 Å². The highest BCUT2D eigenvalue weighted by Crippen LogP contribution is 2.21. The average molecular weight is 348 g/mol. The third kappa shape index (κ3) is 2.76. The molecule has 6 heteroatoms. The van der Waals surface area contributed by atoms with Crippen LogP contribution in [-0.2, 0) is 20.1 Å². The van der Waals surface area contributed by atoms with Gasteiger partial charge in [0.05, 0.1) is 22.8 Å². The Balaban J connectivity index is 1.57. The van der Waals surface area contributed by atoms with Crippen molar-refractivity contribution in [2.24, 2.45) is 7.05 Å². The van der Waals surface area contributed by atoms with E-state index >= 15 is 0 Å². The molecule has 0 aliphatic heterocycles. The second-order valence-electron chi connectivity index (χ2n) is 6.73. The van der Waals surface area contributed by atoms with E-state index in [4.69, 9.17) is 4.98 Å². The van der Waals surface area contributed by atoms with Crippen molar-refractivity contribution in [1.29, 1.82) is 0 Å². The molecular formula is C20H24N6. The second-order valence-corrected chi connectivity index (χ2v) is 6.73. The number of nitrogens with zero attached hydrogens (tertiary/aromatic N) is 5. The first-order chi connectivity index (χ1) is 12.6. The lowest BCUT2D eigenvalue weighted by Crippen LogP contribution is -2.21. The molecule has 4 aromatic rings. The van der Waals surface area contributed by atoms with Crippen molar-refractivity contribution in [3.63, 3.8) is 0 Å². The number of pyridine rings is 1. The Hall–Kier alpha value is -2.73. The summed E-state index contributed by atoms with van der Waals surface area (Å²) >= 11 is 0. The van der Waals surface area contributed by atoms with Gasteiger partial charge in [-0.3, -0.25) is 4.68 Å². The molecule has 134 valence electrons. The molecule has 1 N–H and O–H groups in total. The predicted molar refractivity (Wildman–Crippen MR) is 104 cm³/mol. The van der Waals surface area contributed by atoms with Crippen LogP contribution in [0.15, 0.2) is 36.5 Å². The fraction of sp³-hybridized carbons (Fsp3) is 0.350. The van der Waals surface area contributed by atoms with Gasteiger partial charge in [0.1, 0.15) is 5.82 Å². The molecule has 26 heavy (non-hydrogen) atoms. The largest absolute Gasteiger partial charge is 0.327 e. The molecule has 3 aromatic heterocycles. The van der Waals surface area contributed by atoms with Gasteiger partial charge in [-0.1, -0.05) is 12.1 Å². The van der Waals surface area contributed by atoms with Gasteiger partial charge in [-0.2, -0.15) is 5.10 Å². The zero-order chi connectivity index (χ0) is 18.3. The van der Waals surface area contributed by atoms with Crippen molar-refractivity contribution >= 4 is 22.1 Å². The Morgan fingerprint density at radius 2 is 2.04 bits per heavy atom. The van der Waals surface area contributed by atoms with E-state index in [9.17, 15) is 0 Å². The van der Waals surface area contributed by atoms with E-state index in [1.54, 1.807) is 0 Å². The third-order valence-electron chi connectivity index (χ3n) is 4.92. The first-order valence-corrected chi connectivity index (χ1v) is 9.05. The molecule has 0 bridgehead atoms. The summed E-state index contributed by atoms with van der Waals surface area (Å²) in [5.74, 6) is 1.07. The number of nitrogens with one attached hydrogen (secondary N) is 1. The zero-order valence-electron chi connectivity index (χ0n) is 15.7. The summed E-state index contributed by atoms with van der Waals surface area (Å²) in [4.78, 5) is 9.39. The lowest BCUT2D eigenvalue weighted by atomic mass is 10.2. The summed E-state index contributed by atoms with van der Waals surface area (Å²) in [6.07, 6.45) is 1.92. The van der Waals surface area contributed by atoms with E-state index in [1.165, 1.54) is 5.52 Å². The van der Waals surface area contributed by atoms with Gasteiger partial charge in [0, 0.05) is 31.7 Å². The number of hydrogen-bond acceptors (Lipinski definition) is 4. The minimum atomic E-state index is 0.146. The first kappa shape index (κ1) is 16.7. The number of benzene rings is 1. The quantitative estimate of drug-likeness (QED) is 0.600. The van der Waals surface area contributed by atoms with Crippen molar-refractivity contribution in [2.45, 2.75) is 39.9 Å². The van der Waals surface area contributed by atoms with E-state index in [0.717, 1.165) is 46.7 Å². The molecule has 4 rings (SSSR count). The summed E-state index contributed by atoms with van der Waals surface area (Å²) < 4.78 is 4.10. The fourth-order valence-corrected chi connectivity index (χ4v) is 3.57. The Labute approximate surface area is 152 Å². The van der Waals surface area contributed by atoms with Gasteiger partial charge in [-0.25, -0.2) is 9.97 Å². The minimum Gasteiger partial charge on any atom is -0.327 e. The summed E-state index contributed by atoms with van der Waals surface area (Å²) in [7, 11) is 1.93. The van der Waals surface area contributed by atoms with Crippen LogP contribution in [0.2, 0.25) is 0 Å². The van der Waals surface area contributed by atoms with Crippen LogP contribution < -0.4 is 5.32 Å². The van der Waals surface area contributed by atoms with Crippen LogP contribution in [0.4, 0.5) is 0 Å². The molecule has 1 atom stereocenters. The first-order valence-electron chi connectivity index (χ1n) is 9.05. The van der Waals surface area contributed by atoms with Crippen LogP contribution in [0.3, 0.4) is 0 Å². The molecule has 0 saturated heterocycles. The Morgan fingerprint density at radius 3 is 2.85 bits per heavy atom. The molecule has 1 unspecified atom stereocenters. The smallest absolute Gasteiger partial charge is 0.157 e. The van der Waals surface area contributed by atoms with E-state index in [2.05, 4.69) is 58.1 Å². The van der Waals surface area contributed by atoms with E-state index in [1.807, 2.05) is 30.9 Å². The molecule has 3 heterocycles. The van der Waals surface area contributed by atoms with Crippen molar-refractivity contribution < 1.29 is 0 Å². The second kappa shape index (κ2) is 6.53. The molecule has 0 radical (unpaired) electrons. The monoisotopic (exact) mass is 348 g/mol. The molecule has 0 aliphatic rings. The highest BCUT2D eigenvalue weighted by Gasteiger charge is 2.15. The fourth-order valence-electron chi connectivity index (χ4n) is 3.57. The van der Waals surface area contributed by atoms with Crippen LogP contribution in [0, 0.1) is 6.92 Å². The van der Waals surface area contributed by atoms with Gasteiger partial charge in [0.15, 0.2) is 5.65 Å². The topological polar surface area (TPSA) is 60.6 Å². The van der Waals surface area contributed by atoms with Crippen molar-refractivity contribution in [1.82, 2.24) is 29.6 Å². The number of imidazole rings is 1. The van der Waals surface area contributed by atoms with Gasteiger partial charge >= 0.3 is 0 Å². The molecular weight excluding hydrogens is 324 g/mol. The normalized spacial score (nSPS) is 12.9. The van der Waals surface area contributed by atoms with Crippen LogP contribution in [0.1, 0.15) is 37.0 Å². The summed E-state index contributed by atoms with van der Waals surface area (Å²) in [6.45, 7) is 7.99. The van der Waals surface area contributed by atoms with Crippen LogP contribution >= 0.6 is 0 Å². The van der Waals surface area contributed by atoms with Gasteiger partial charge in [0.2, 0.25) is 0 Å². The molecule has 0 fully saturated rings. The van der Waals surface area contributed by atoms with Crippen molar-refractivity contribution in [2.75, 3.05) is 0 Å². The number of para-hydroxylation sites is 2. The van der Waals surface area contributed by atoms with E-state index in [-0.39, 0.29) is 6.04 Å². The van der Waals surface area contributed by atoms with Gasteiger partial charge in [-0.15, -0.1) is 0 Å². The number of rotatable bonds is 5. The molecule has 0 amide bonds.